The lowest BCUT2D eigenvalue weighted by atomic mass is 10.1. The third kappa shape index (κ3) is 8.18. The van der Waals surface area contributed by atoms with E-state index in [4.69, 9.17) is 26.1 Å². The van der Waals surface area contributed by atoms with Crippen molar-refractivity contribution < 1.29 is 45.2 Å². The highest BCUT2D eigenvalue weighted by Crippen LogP contribution is 2.44. The highest BCUT2D eigenvalue weighted by Gasteiger charge is 2.36. The highest BCUT2D eigenvalue weighted by atomic mass is 35.5. The Morgan fingerprint density at radius 3 is 2.42 bits per heavy atom. The molecule has 1 aromatic heterocycles. The van der Waals surface area contributed by atoms with Gasteiger partial charge in [0, 0.05) is 36.9 Å². The number of alkyl halides is 3. The van der Waals surface area contributed by atoms with Gasteiger partial charge in [0.2, 0.25) is 0 Å². The molecular formula is C30H37ClF3N4O6S+. The molecule has 3 aromatic rings. The third-order valence-corrected chi connectivity index (χ3v) is 8.50. The number of imidazole rings is 1. The number of hydrogen-bond donors (Lipinski definition) is 1. The third-order valence-electron chi connectivity index (χ3n) is 7.34. The number of nitrogens with zero attached hydrogens (tertiary/aromatic N) is 4. The molecule has 2 heterocycles. The minimum Gasteiger partial charge on any atom is -0.380 e. The fourth-order valence-corrected chi connectivity index (χ4v) is 6.25. The van der Waals surface area contributed by atoms with Gasteiger partial charge >= 0.3 is 6.18 Å². The molecule has 0 spiro atoms. The summed E-state index contributed by atoms with van der Waals surface area (Å²) in [7, 11) is -1.28. The molecule has 0 unspecified atom stereocenters. The van der Waals surface area contributed by atoms with Crippen LogP contribution in [0.4, 0.5) is 24.5 Å². The largest absolute Gasteiger partial charge is 0.426 e. The van der Waals surface area contributed by atoms with E-state index in [1.54, 1.807) is 36.4 Å². The number of benzene rings is 2. The molecule has 4 rings (SSSR count). The molecular weight excluding hydrogens is 637 g/mol. The minimum atomic E-state index is -4.46. The maximum absolute atomic E-state index is 13.8. The summed E-state index contributed by atoms with van der Waals surface area (Å²) in [6.07, 6.45) is 0.732. The summed E-state index contributed by atoms with van der Waals surface area (Å²) in [5.74, 6) is 0.569. The van der Waals surface area contributed by atoms with E-state index in [1.807, 2.05) is 40.3 Å². The number of halogens is 4. The summed E-state index contributed by atoms with van der Waals surface area (Å²) in [6, 6.07) is 8.94. The number of fused-ring (bicyclic) bond motifs is 2. The molecule has 2 aromatic carbocycles. The summed E-state index contributed by atoms with van der Waals surface area (Å²) in [5, 5.41) is 0.437. The van der Waals surface area contributed by atoms with Crippen molar-refractivity contribution in [1.82, 2.24) is 4.57 Å². The monoisotopic (exact) mass is 673 g/mol. The fourth-order valence-electron chi connectivity index (χ4n) is 5.55. The Hall–Kier alpha value is -3.14. The van der Waals surface area contributed by atoms with E-state index in [2.05, 4.69) is 0 Å². The van der Waals surface area contributed by atoms with Crippen molar-refractivity contribution in [2.75, 3.05) is 42.9 Å². The predicted octanol–water partition coefficient (Wildman–Crippen LogP) is 5.87. The van der Waals surface area contributed by atoms with Crippen molar-refractivity contribution in [3.63, 3.8) is 0 Å². The van der Waals surface area contributed by atoms with E-state index in [-0.39, 0.29) is 26.2 Å². The number of hydrogen-bond acceptors (Lipinski definition) is 7. The van der Waals surface area contributed by atoms with E-state index in [9.17, 15) is 26.1 Å². The number of rotatable bonds is 14. The van der Waals surface area contributed by atoms with Crippen molar-refractivity contribution in [2.45, 2.75) is 52.7 Å². The van der Waals surface area contributed by atoms with Crippen molar-refractivity contribution >= 4 is 50.2 Å². The standard InChI is InChI=1S/C30H36ClF3N4O6S/c1-5-35-24-12-11-21(18-42-3)15-25(24)38(20-30(32,33)34)29(35)10-7-9-28-36(6-2)27-17-23(31)22(19-44-43-4)16-26(27)37(28)13-8-14-45(39,40)41/h7,9-12,15-17H,5-6,8,13-14,18-20H2,1-4H3/p+1. The summed E-state index contributed by atoms with van der Waals surface area (Å²) in [4.78, 5) is 13.7. The van der Waals surface area contributed by atoms with E-state index in [0.29, 0.717) is 46.4 Å². The van der Waals surface area contributed by atoms with Gasteiger partial charge in [-0.1, -0.05) is 23.7 Å². The molecule has 1 N–H and O–H groups in total. The van der Waals surface area contributed by atoms with Gasteiger partial charge < -0.3 is 14.5 Å². The van der Waals surface area contributed by atoms with Crippen LogP contribution in [0.2, 0.25) is 5.02 Å². The van der Waals surface area contributed by atoms with Crippen LogP contribution >= 0.6 is 11.6 Å². The SMILES string of the molecule is CCN1/C(=C\C=C\c2n(CC(F)(F)F)c3cc(COC)ccc3[n+]2CC)N(CCCS(=O)(=O)O)c2cc(COOC)c(Cl)cc21. The van der Waals surface area contributed by atoms with Gasteiger partial charge in [0.25, 0.3) is 15.9 Å². The van der Waals surface area contributed by atoms with Gasteiger partial charge in [-0.3, -0.25) is 4.55 Å². The molecule has 45 heavy (non-hydrogen) atoms. The van der Waals surface area contributed by atoms with E-state index >= 15 is 0 Å². The Morgan fingerprint density at radius 2 is 1.80 bits per heavy atom. The summed E-state index contributed by atoms with van der Waals surface area (Å²) < 4.78 is 82.1. The molecule has 0 saturated heterocycles. The van der Waals surface area contributed by atoms with E-state index in [1.165, 1.54) is 18.8 Å². The first-order chi connectivity index (χ1) is 21.3. The summed E-state index contributed by atoms with van der Waals surface area (Å²) >= 11 is 6.55. The Balaban J connectivity index is 1.82. The lowest BCUT2D eigenvalue weighted by Gasteiger charge is -2.24. The Morgan fingerprint density at radius 1 is 1.07 bits per heavy atom. The second-order valence-electron chi connectivity index (χ2n) is 10.3. The summed E-state index contributed by atoms with van der Waals surface area (Å²) in [5.41, 5.74) is 3.97. The van der Waals surface area contributed by atoms with Gasteiger partial charge in [0.15, 0.2) is 17.6 Å². The second kappa shape index (κ2) is 14.5. The molecule has 0 fully saturated rings. The van der Waals surface area contributed by atoms with Crippen LogP contribution in [0.1, 0.15) is 37.2 Å². The molecule has 0 atom stereocenters. The first-order valence-electron chi connectivity index (χ1n) is 14.3. The van der Waals surface area contributed by atoms with Crippen LogP contribution in [0.5, 0.6) is 0 Å². The van der Waals surface area contributed by atoms with Gasteiger partial charge in [-0.25, -0.2) is 18.9 Å². The number of allylic oxidation sites excluding steroid dienone is 2. The lowest BCUT2D eigenvalue weighted by molar-refractivity contribution is -0.670. The maximum Gasteiger partial charge on any atom is 0.426 e. The Labute approximate surface area is 265 Å². The molecule has 0 saturated carbocycles. The molecule has 246 valence electrons. The smallest absolute Gasteiger partial charge is 0.380 e. The number of anilines is 2. The quantitative estimate of drug-likeness (QED) is 0.0983. The van der Waals surface area contributed by atoms with Crippen LogP contribution in [0.15, 0.2) is 48.3 Å². The zero-order valence-electron chi connectivity index (χ0n) is 25.5. The van der Waals surface area contributed by atoms with Gasteiger partial charge in [0.1, 0.15) is 12.4 Å². The average molecular weight is 674 g/mol. The second-order valence-corrected chi connectivity index (χ2v) is 12.3. The molecule has 1 aliphatic heterocycles. The van der Waals surface area contributed by atoms with Crippen LogP contribution in [0.25, 0.3) is 17.1 Å². The van der Waals surface area contributed by atoms with Gasteiger partial charge in [-0.05, 0) is 56.2 Å². The lowest BCUT2D eigenvalue weighted by Crippen LogP contribution is -2.36. The number of aromatic nitrogens is 2. The van der Waals surface area contributed by atoms with Gasteiger partial charge in [-0.2, -0.15) is 21.6 Å². The first-order valence-corrected chi connectivity index (χ1v) is 16.3. The molecule has 0 aliphatic carbocycles. The molecule has 15 heteroatoms. The fraction of sp³-hybridized carbons (Fsp3) is 0.433. The molecule has 0 amide bonds. The zero-order chi connectivity index (χ0) is 32.9. The van der Waals surface area contributed by atoms with Gasteiger partial charge in [-0.15, -0.1) is 0 Å². The normalized spacial score (nSPS) is 14.9. The average Bonchev–Trinajstić information content (AvgIpc) is 3.40. The van der Waals surface area contributed by atoms with Crippen LogP contribution in [-0.4, -0.2) is 56.8 Å². The van der Waals surface area contributed by atoms with Crippen LogP contribution in [-0.2, 0) is 50.9 Å². The predicted molar refractivity (Wildman–Crippen MR) is 166 cm³/mol. The van der Waals surface area contributed by atoms with Crippen LogP contribution in [0.3, 0.4) is 0 Å². The van der Waals surface area contributed by atoms with E-state index < -0.39 is 28.6 Å². The highest BCUT2D eigenvalue weighted by molar-refractivity contribution is 7.85. The van der Waals surface area contributed by atoms with Crippen LogP contribution in [0, 0.1) is 0 Å². The summed E-state index contributed by atoms with van der Waals surface area (Å²) in [6.45, 7) is 4.12. The minimum absolute atomic E-state index is 0.0689. The Kier molecular flexibility index (Phi) is 11.2. The molecule has 0 radical (unpaired) electrons. The first kappa shape index (κ1) is 34.7. The topological polar surface area (TPSA) is 97.4 Å². The maximum atomic E-state index is 13.8. The van der Waals surface area contributed by atoms with E-state index in [0.717, 1.165) is 16.9 Å². The van der Waals surface area contributed by atoms with Crippen LogP contribution < -0.4 is 14.4 Å². The molecule has 0 bridgehead atoms. The Bertz CT molecular complexity index is 1690. The number of aryl methyl sites for hydroxylation is 1. The van der Waals surface area contributed by atoms with Gasteiger partial charge in [0.05, 0.1) is 37.4 Å². The molecule has 10 nitrogen and oxygen atoms in total. The zero-order valence-corrected chi connectivity index (χ0v) is 27.0. The molecule has 1 aliphatic rings. The number of ether oxygens (including phenoxy) is 1. The number of methoxy groups -OCH3 is 1. The van der Waals surface area contributed by atoms with Crippen molar-refractivity contribution in [2.24, 2.45) is 0 Å². The van der Waals surface area contributed by atoms with Crippen molar-refractivity contribution in [3.8, 4) is 0 Å². The van der Waals surface area contributed by atoms with Crippen molar-refractivity contribution in [3.05, 3.63) is 70.3 Å². The van der Waals surface area contributed by atoms with Crippen molar-refractivity contribution in [1.29, 1.82) is 0 Å².